The third-order valence-corrected chi connectivity index (χ3v) is 8.60. The minimum atomic E-state index is -3.62. The third-order valence-electron chi connectivity index (χ3n) is 6.78. The summed E-state index contributed by atoms with van der Waals surface area (Å²) in [6, 6.07) is 16.2. The van der Waals surface area contributed by atoms with E-state index in [0.29, 0.717) is 53.0 Å². The van der Waals surface area contributed by atoms with Crippen molar-refractivity contribution < 1.29 is 27.5 Å². The van der Waals surface area contributed by atoms with Crippen molar-refractivity contribution in [1.82, 2.24) is 10.3 Å². The third kappa shape index (κ3) is 7.75. The Morgan fingerprint density at radius 1 is 0.909 bits per heavy atom. The summed E-state index contributed by atoms with van der Waals surface area (Å²) >= 11 is 0. The Labute approximate surface area is 257 Å². The average molecular weight is 620 g/mol. The summed E-state index contributed by atoms with van der Waals surface area (Å²) in [5, 5.41) is 10.5. The molecule has 3 aromatic carbocycles. The number of anilines is 3. The number of hydrogen-bond donors (Lipinski definition) is 4. The molecule has 0 saturated heterocycles. The maximum absolute atomic E-state index is 14.0. The molecule has 0 aliphatic carbocycles. The molecule has 12 heteroatoms. The van der Waals surface area contributed by atoms with Gasteiger partial charge in [-0.2, -0.15) is 0 Å². The summed E-state index contributed by atoms with van der Waals surface area (Å²) in [6.45, 7) is 7.36. The molecule has 2 amide bonds. The zero-order valence-electron chi connectivity index (χ0n) is 25.1. The maximum atomic E-state index is 14.0. The van der Waals surface area contributed by atoms with Crippen LogP contribution < -0.4 is 31.2 Å². The molecule has 0 aliphatic rings. The van der Waals surface area contributed by atoms with Crippen LogP contribution in [0.4, 0.5) is 17.2 Å². The minimum Gasteiger partial charge on any atom is -0.494 e. The summed E-state index contributed by atoms with van der Waals surface area (Å²) in [5.41, 5.74) is 8.01. The second-order valence-corrected chi connectivity index (χ2v) is 12.2. The number of sulfone groups is 1. The monoisotopic (exact) mass is 619 g/mol. The van der Waals surface area contributed by atoms with Gasteiger partial charge < -0.3 is 31.2 Å². The topological polar surface area (TPSA) is 162 Å². The first kappa shape index (κ1) is 32.1. The smallest absolute Gasteiger partial charge is 0.247 e. The van der Waals surface area contributed by atoms with Crippen LogP contribution in [0, 0.1) is 0 Å². The van der Waals surface area contributed by atoms with Gasteiger partial charge in [-0.15, -0.1) is 0 Å². The molecule has 44 heavy (non-hydrogen) atoms. The van der Waals surface area contributed by atoms with Gasteiger partial charge in [-0.05, 0) is 85.0 Å². The predicted octanol–water partition coefficient (Wildman–Crippen LogP) is 4.84. The molecular weight excluding hydrogens is 582 g/mol. The van der Waals surface area contributed by atoms with Crippen molar-refractivity contribution in [3.8, 4) is 11.5 Å². The highest BCUT2D eigenvalue weighted by molar-refractivity contribution is 7.91. The van der Waals surface area contributed by atoms with Gasteiger partial charge in [0.2, 0.25) is 11.8 Å². The van der Waals surface area contributed by atoms with Crippen LogP contribution in [0.3, 0.4) is 0 Å². The second-order valence-electron chi connectivity index (χ2n) is 9.94. The van der Waals surface area contributed by atoms with E-state index in [0.717, 1.165) is 10.8 Å². The number of nitrogen functional groups attached to an aromatic ring is 1. The lowest BCUT2D eigenvalue weighted by atomic mass is 10.0. The van der Waals surface area contributed by atoms with Gasteiger partial charge in [0, 0.05) is 42.5 Å². The highest BCUT2D eigenvalue weighted by Gasteiger charge is 2.24. The van der Waals surface area contributed by atoms with Crippen LogP contribution in [-0.4, -0.2) is 44.2 Å². The number of hydrogen-bond acceptors (Lipinski definition) is 9. The van der Waals surface area contributed by atoms with Crippen molar-refractivity contribution >= 4 is 49.6 Å². The molecular formula is C32H37N5O6S. The highest BCUT2D eigenvalue weighted by atomic mass is 32.2. The zero-order chi connectivity index (χ0) is 31.9. The fourth-order valence-corrected chi connectivity index (χ4v) is 5.88. The molecule has 1 heterocycles. The van der Waals surface area contributed by atoms with Gasteiger partial charge in [0.15, 0.2) is 9.84 Å². The molecule has 4 rings (SSSR count). The number of amides is 2. The molecule has 11 nitrogen and oxygen atoms in total. The fourth-order valence-electron chi connectivity index (χ4n) is 4.76. The molecule has 4 aromatic rings. The predicted molar refractivity (Wildman–Crippen MR) is 172 cm³/mol. The number of rotatable bonds is 13. The van der Waals surface area contributed by atoms with E-state index in [2.05, 4.69) is 20.9 Å². The first-order chi connectivity index (χ1) is 21.0. The molecule has 0 fully saturated rings. The lowest BCUT2D eigenvalue weighted by molar-refractivity contribution is -0.122. The van der Waals surface area contributed by atoms with Gasteiger partial charge in [0.05, 0.1) is 23.9 Å². The van der Waals surface area contributed by atoms with Crippen LogP contribution in [0.2, 0.25) is 0 Å². The van der Waals surface area contributed by atoms with E-state index in [4.69, 9.17) is 15.2 Å². The van der Waals surface area contributed by atoms with E-state index in [1.54, 1.807) is 43.5 Å². The standard InChI is InChI=1S/C32H37N5O6S/c1-5-42-26-16-22(17-27(18-26)43-6-2)30(37-25-8-10-28-21(14-25)12-13-34-31(28)33)32(39)35-19-23-15-24(36-20(4)38)9-11-29(23)44(40,41)7-3/h8-18,30,37H,5-7,19H2,1-4H3,(H2,33,34)(H,35,39)(H,36,38). The van der Waals surface area contributed by atoms with Gasteiger partial charge in [0.1, 0.15) is 23.4 Å². The summed E-state index contributed by atoms with van der Waals surface area (Å²) < 4.78 is 37.3. The van der Waals surface area contributed by atoms with Crippen LogP contribution in [0.1, 0.15) is 44.9 Å². The number of nitrogens with zero attached hydrogens (tertiary/aromatic N) is 1. The molecule has 1 atom stereocenters. The molecule has 232 valence electrons. The number of ether oxygens (including phenoxy) is 2. The van der Waals surface area contributed by atoms with Crippen LogP contribution in [0.15, 0.2) is 71.8 Å². The Kier molecular flexibility index (Phi) is 10.3. The lowest BCUT2D eigenvalue weighted by Crippen LogP contribution is -2.33. The number of nitrogens with two attached hydrogens (primary N) is 1. The number of carbonyl (C=O) groups excluding carboxylic acids is 2. The lowest BCUT2D eigenvalue weighted by Gasteiger charge is -2.22. The molecule has 0 bridgehead atoms. The second kappa shape index (κ2) is 14.1. The molecule has 1 aromatic heterocycles. The molecule has 0 saturated carbocycles. The number of nitrogens with one attached hydrogen (secondary N) is 3. The Bertz CT molecular complexity index is 1750. The van der Waals surface area contributed by atoms with Gasteiger partial charge >= 0.3 is 0 Å². The average Bonchev–Trinajstić information content (AvgIpc) is 2.98. The van der Waals surface area contributed by atoms with Gasteiger partial charge in [-0.1, -0.05) is 6.92 Å². The number of benzene rings is 3. The van der Waals surface area contributed by atoms with Crippen LogP contribution in [0.25, 0.3) is 10.8 Å². The molecule has 1 unspecified atom stereocenters. The van der Waals surface area contributed by atoms with E-state index in [1.807, 2.05) is 32.0 Å². The first-order valence-electron chi connectivity index (χ1n) is 14.3. The Morgan fingerprint density at radius 2 is 1.59 bits per heavy atom. The van der Waals surface area contributed by atoms with E-state index >= 15 is 0 Å². The van der Waals surface area contributed by atoms with Crippen molar-refractivity contribution in [2.24, 2.45) is 0 Å². The summed E-state index contributed by atoms with van der Waals surface area (Å²) in [7, 11) is -3.62. The number of pyridine rings is 1. The van der Waals surface area contributed by atoms with Crippen LogP contribution >= 0.6 is 0 Å². The van der Waals surface area contributed by atoms with E-state index in [1.165, 1.54) is 19.1 Å². The van der Waals surface area contributed by atoms with Crippen molar-refractivity contribution in [1.29, 1.82) is 0 Å². The van der Waals surface area contributed by atoms with Gasteiger partial charge in [0.25, 0.3) is 0 Å². The van der Waals surface area contributed by atoms with Gasteiger partial charge in [-0.3, -0.25) is 9.59 Å². The normalized spacial score (nSPS) is 11.9. The highest BCUT2D eigenvalue weighted by Crippen LogP contribution is 2.31. The van der Waals surface area contributed by atoms with Crippen molar-refractivity contribution in [3.05, 3.63) is 78.0 Å². The van der Waals surface area contributed by atoms with Crippen molar-refractivity contribution in [2.45, 2.75) is 45.2 Å². The van der Waals surface area contributed by atoms with Crippen LogP contribution in [-0.2, 0) is 26.0 Å². The molecule has 5 N–H and O–H groups in total. The summed E-state index contributed by atoms with van der Waals surface area (Å²) in [6.07, 6.45) is 1.61. The number of fused-ring (bicyclic) bond motifs is 1. The Hall–Kier alpha value is -4.84. The number of aromatic nitrogens is 1. The van der Waals surface area contributed by atoms with E-state index in [9.17, 15) is 18.0 Å². The Morgan fingerprint density at radius 3 is 2.23 bits per heavy atom. The van der Waals surface area contributed by atoms with E-state index in [-0.39, 0.29) is 23.1 Å². The molecule has 0 radical (unpaired) electrons. The number of carbonyl (C=O) groups is 2. The summed E-state index contributed by atoms with van der Waals surface area (Å²) in [4.78, 5) is 29.8. The van der Waals surface area contributed by atoms with Crippen LogP contribution in [0.5, 0.6) is 11.5 Å². The quantitative estimate of drug-likeness (QED) is 0.164. The van der Waals surface area contributed by atoms with Crippen molar-refractivity contribution in [3.63, 3.8) is 0 Å². The largest absolute Gasteiger partial charge is 0.494 e. The minimum absolute atomic E-state index is 0.0802. The maximum Gasteiger partial charge on any atom is 0.247 e. The van der Waals surface area contributed by atoms with E-state index < -0.39 is 21.8 Å². The first-order valence-corrected chi connectivity index (χ1v) is 15.9. The summed E-state index contributed by atoms with van der Waals surface area (Å²) in [5.74, 6) is 0.606. The zero-order valence-corrected chi connectivity index (χ0v) is 26.0. The Balaban J connectivity index is 1.73. The molecule has 0 aliphatic heterocycles. The SMILES string of the molecule is CCOc1cc(OCC)cc(C(Nc2ccc3c(N)nccc3c2)C(=O)NCc2cc(NC(C)=O)ccc2S(=O)(=O)CC)c1. The van der Waals surface area contributed by atoms with Gasteiger partial charge in [-0.25, -0.2) is 13.4 Å². The fraction of sp³-hybridized carbons (Fsp3) is 0.281. The van der Waals surface area contributed by atoms with Crippen molar-refractivity contribution in [2.75, 3.05) is 35.3 Å². The molecule has 0 spiro atoms.